The van der Waals surface area contributed by atoms with E-state index in [-0.39, 0.29) is 11.3 Å². The summed E-state index contributed by atoms with van der Waals surface area (Å²) in [5.41, 5.74) is 3.68. The quantitative estimate of drug-likeness (QED) is 0.111. The summed E-state index contributed by atoms with van der Waals surface area (Å²) >= 11 is 0. The molecule has 0 aromatic heterocycles. The normalized spacial score (nSPS) is 10.9. The van der Waals surface area contributed by atoms with Crippen LogP contribution in [-0.2, 0) is 6.42 Å². The average molecular weight is 505 g/mol. The monoisotopic (exact) mass is 504 g/mol. The fraction of sp³-hybridized carbons (Fsp3) is 0.424. The van der Waals surface area contributed by atoms with Crippen molar-refractivity contribution < 1.29 is 18.7 Å². The molecule has 0 atom stereocenters. The fourth-order valence-electron chi connectivity index (χ4n) is 4.31. The Balaban J connectivity index is 1.48. The second-order valence-electron chi connectivity index (χ2n) is 9.68. The van der Waals surface area contributed by atoms with Crippen LogP contribution in [0.1, 0.15) is 94.0 Å². The minimum Gasteiger partial charge on any atom is -0.491 e. The summed E-state index contributed by atoms with van der Waals surface area (Å²) < 4.78 is 25.5. The van der Waals surface area contributed by atoms with Crippen molar-refractivity contribution in [3.63, 3.8) is 0 Å². The van der Waals surface area contributed by atoms with Gasteiger partial charge in [0.1, 0.15) is 5.75 Å². The van der Waals surface area contributed by atoms with Crippen LogP contribution in [-0.4, -0.2) is 12.6 Å². The highest BCUT2D eigenvalue weighted by Gasteiger charge is 2.13. The van der Waals surface area contributed by atoms with Crippen LogP contribution in [0.25, 0.3) is 11.1 Å². The molecule has 0 aliphatic rings. The number of carbonyl (C=O) groups excluding carboxylic acids is 1. The number of hydrogen-bond donors (Lipinski definition) is 0. The third-order valence-electron chi connectivity index (χ3n) is 6.59. The largest absolute Gasteiger partial charge is 0.491 e. The van der Waals surface area contributed by atoms with Crippen molar-refractivity contribution in [2.45, 2.75) is 84.5 Å². The lowest BCUT2D eigenvalue weighted by atomic mass is 10.0. The van der Waals surface area contributed by atoms with Crippen LogP contribution < -0.4 is 9.47 Å². The topological polar surface area (TPSA) is 35.5 Å². The molecule has 0 heterocycles. The van der Waals surface area contributed by atoms with Gasteiger partial charge in [0.15, 0.2) is 11.6 Å². The highest BCUT2D eigenvalue weighted by atomic mass is 19.1. The van der Waals surface area contributed by atoms with Gasteiger partial charge >= 0.3 is 5.97 Å². The number of carbonyl (C=O) groups is 1. The number of benzene rings is 3. The Hall–Kier alpha value is -3.14. The van der Waals surface area contributed by atoms with Crippen molar-refractivity contribution in [3.05, 3.63) is 83.7 Å². The molecule has 37 heavy (non-hydrogen) atoms. The molecule has 3 rings (SSSR count). The molecule has 0 aliphatic heterocycles. The van der Waals surface area contributed by atoms with Gasteiger partial charge in [0.25, 0.3) is 0 Å². The van der Waals surface area contributed by atoms with Gasteiger partial charge in [-0.15, -0.1) is 0 Å². The summed E-state index contributed by atoms with van der Waals surface area (Å²) in [6, 6.07) is 20.2. The Morgan fingerprint density at radius 1 is 0.703 bits per heavy atom. The van der Waals surface area contributed by atoms with Gasteiger partial charge in [-0.1, -0.05) is 102 Å². The first-order chi connectivity index (χ1) is 18.1. The number of hydrogen-bond acceptors (Lipinski definition) is 3. The molecule has 0 unspecified atom stereocenters. The number of esters is 1. The Morgan fingerprint density at radius 2 is 1.30 bits per heavy atom. The summed E-state index contributed by atoms with van der Waals surface area (Å²) in [6.45, 7) is 4.89. The molecule has 0 bridgehead atoms. The van der Waals surface area contributed by atoms with Crippen molar-refractivity contribution in [2.24, 2.45) is 0 Å². The van der Waals surface area contributed by atoms with E-state index < -0.39 is 11.8 Å². The van der Waals surface area contributed by atoms with Gasteiger partial charge < -0.3 is 9.47 Å². The lowest BCUT2D eigenvalue weighted by molar-refractivity contribution is 0.0734. The molecular weight excluding hydrogens is 463 g/mol. The smallest absolute Gasteiger partial charge is 0.343 e. The van der Waals surface area contributed by atoms with Gasteiger partial charge in [0.05, 0.1) is 12.2 Å². The predicted octanol–water partition coefficient (Wildman–Crippen LogP) is 9.57. The van der Waals surface area contributed by atoms with Crippen LogP contribution >= 0.6 is 0 Å². The van der Waals surface area contributed by atoms with Crippen molar-refractivity contribution in [3.8, 4) is 22.6 Å². The second kappa shape index (κ2) is 15.9. The van der Waals surface area contributed by atoms with E-state index in [0.717, 1.165) is 30.4 Å². The van der Waals surface area contributed by atoms with E-state index in [0.29, 0.717) is 12.4 Å². The van der Waals surface area contributed by atoms with Crippen LogP contribution in [0, 0.1) is 5.82 Å². The molecule has 4 heteroatoms. The van der Waals surface area contributed by atoms with E-state index in [1.165, 1.54) is 69.1 Å². The number of aryl methyl sites for hydroxylation is 1. The molecule has 3 nitrogen and oxygen atoms in total. The number of ether oxygens (including phenoxy) is 2. The van der Waals surface area contributed by atoms with Crippen molar-refractivity contribution in [1.82, 2.24) is 0 Å². The van der Waals surface area contributed by atoms with Gasteiger partial charge in [-0.05, 0) is 66.3 Å². The summed E-state index contributed by atoms with van der Waals surface area (Å²) in [5.74, 6) is -0.558. The maximum atomic E-state index is 14.5. The van der Waals surface area contributed by atoms with E-state index in [1.54, 1.807) is 18.2 Å². The minimum atomic E-state index is -0.596. The van der Waals surface area contributed by atoms with Gasteiger partial charge in [0, 0.05) is 0 Å². The lowest BCUT2D eigenvalue weighted by Crippen LogP contribution is -2.09. The maximum absolute atomic E-state index is 14.5. The molecule has 0 amide bonds. The molecular formula is C33H41FO3. The SMILES string of the molecule is CCCCCCCCOc1ccc(C(=O)Oc2ccc(-c3ccc(CCCCCC)cc3)cc2)cc1F. The van der Waals surface area contributed by atoms with Crippen LogP contribution in [0.15, 0.2) is 66.7 Å². The molecule has 0 saturated carbocycles. The predicted molar refractivity (Wildman–Crippen MR) is 150 cm³/mol. The number of rotatable bonds is 16. The van der Waals surface area contributed by atoms with E-state index in [1.807, 2.05) is 12.1 Å². The standard InChI is InChI=1S/C33H41FO3/c1-3-5-7-9-10-12-24-36-32-23-20-29(25-31(32)34)33(35)37-30-21-18-28(19-22-30)27-16-14-26(15-17-27)13-11-8-6-4-2/h14-23,25H,3-13,24H2,1-2H3. The van der Waals surface area contributed by atoms with Crippen LogP contribution in [0.5, 0.6) is 11.5 Å². The van der Waals surface area contributed by atoms with Crippen molar-refractivity contribution in [1.29, 1.82) is 0 Å². The molecule has 3 aromatic rings. The van der Waals surface area contributed by atoms with Gasteiger partial charge in [-0.3, -0.25) is 0 Å². The first kappa shape index (κ1) is 28.4. The summed E-state index contributed by atoms with van der Waals surface area (Å²) in [6.07, 6.45) is 13.0. The molecule has 0 spiro atoms. The Morgan fingerprint density at radius 3 is 1.95 bits per heavy atom. The van der Waals surface area contributed by atoms with Gasteiger partial charge in [0.2, 0.25) is 0 Å². The maximum Gasteiger partial charge on any atom is 0.343 e. The van der Waals surface area contributed by atoms with E-state index in [4.69, 9.17) is 9.47 Å². The molecule has 0 aliphatic carbocycles. The lowest BCUT2D eigenvalue weighted by Gasteiger charge is -2.10. The molecule has 0 saturated heterocycles. The van der Waals surface area contributed by atoms with Gasteiger partial charge in [-0.25, -0.2) is 9.18 Å². The molecule has 0 fully saturated rings. The second-order valence-corrected chi connectivity index (χ2v) is 9.68. The molecule has 0 radical (unpaired) electrons. The van der Waals surface area contributed by atoms with E-state index >= 15 is 0 Å². The Kier molecular flexibility index (Phi) is 12.2. The van der Waals surface area contributed by atoms with Crippen LogP contribution in [0.3, 0.4) is 0 Å². The summed E-state index contributed by atoms with van der Waals surface area (Å²) in [4.78, 5) is 12.6. The first-order valence-corrected chi connectivity index (χ1v) is 13.9. The highest BCUT2D eigenvalue weighted by Crippen LogP contribution is 2.25. The van der Waals surface area contributed by atoms with Crippen molar-refractivity contribution >= 4 is 5.97 Å². The number of unbranched alkanes of at least 4 members (excludes halogenated alkanes) is 8. The molecule has 0 N–H and O–H groups in total. The van der Waals surface area contributed by atoms with E-state index in [9.17, 15) is 9.18 Å². The number of halogens is 1. The third kappa shape index (κ3) is 9.68. The zero-order chi connectivity index (χ0) is 26.3. The third-order valence-corrected chi connectivity index (χ3v) is 6.59. The van der Waals surface area contributed by atoms with Crippen LogP contribution in [0.2, 0.25) is 0 Å². The Bertz CT molecular complexity index is 1070. The van der Waals surface area contributed by atoms with Crippen molar-refractivity contribution in [2.75, 3.05) is 6.61 Å². The van der Waals surface area contributed by atoms with Gasteiger partial charge in [-0.2, -0.15) is 0 Å². The zero-order valence-corrected chi connectivity index (χ0v) is 22.4. The first-order valence-electron chi connectivity index (χ1n) is 13.9. The summed E-state index contributed by atoms with van der Waals surface area (Å²) in [7, 11) is 0. The Labute approximate surface area is 222 Å². The molecule has 3 aromatic carbocycles. The average Bonchev–Trinajstić information content (AvgIpc) is 2.92. The zero-order valence-electron chi connectivity index (χ0n) is 22.4. The fourth-order valence-corrected chi connectivity index (χ4v) is 4.31. The minimum absolute atomic E-state index is 0.156. The van der Waals surface area contributed by atoms with E-state index in [2.05, 4.69) is 38.1 Å². The summed E-state index contributed by atoms with van der Waals surface area (Å²) in [5, 5.41) is 0. The van der Waals surface area contributed by atoms with Crippen LogP contribution in [0.4, 0.5) is 4.39 Å². The highest BCUT2D eigenvalue weighted by molar-refractivity contribution is 5.91. The molecule has 198 valence electrons.